The number of pyridine rings is 1. The third-order valence-electron chi connectivity index (χ3n) is 3.53. The molecule has 0 bridgehead atoms. The zero-order chi connectivity index (χ0) is 15.2. The Morgan fingerprint density at radius 2 is 2.05 bits per heavy atom. The predicted octanol–water partition coefficient (Wildman–Crippen LogP) is 3.90. The lowest BCUT2D eigenvalue weighted by molar-refractivity contribution is -0.385. The summed E-state index contributed by atoms with van der Waals surface area (Å²) in [5, 5.41) is 14.0. The molecule has 1 heterocycles. The Balaban J connectivity index is 1.89. The van der Waals surface area contributed by atoms with E-state index in [0.717, 1.165) is 13.0 Å². The molecule has 0 saturated heterocycles. The smallest absolute Gasteiger partial charge is 0.290 e. The van der Waals surface area contributed by atoms with Gasteiger partial charge in [0.1, 0.15) is 12.0 Å². The third-order valence-corrected chi connectivity index (χ3v) is 3.53. The summed E-state index contributed by atoms with van der Waals surface area (Å²) in [6.45, 7) is 4.68. The summed E-state index contributed by atoms with van der Waals surface area (Å²) in [6.07, 6.45) is 2.28. The van der Waals surface area contributed by atoms with E-state index in [1.165, 1.54) is 11.8 Å². The molecule has 0 aliphatic rings. The van der Waals surface area contributed by atoms with Crippen molar-refractivity contribution in [1.82, 2.24) is 4.98 Å². The number of rotatable bonds is 6. The van der Waals surface area contributed by atoms with Crippen LogP contribution in [-0.4, -0.2) is 16.5 Å². The highest BCUT2D eigenvalue weighted by Gasteiger charge is 2.11. The van der Waals surface area contributed by atoms with Gasteiger partial charge in [-0.15, -0.1) is 0 Å². The maximum atomic E-state index is 10.7. The van der Waals surface area contributed by atoms with Crippen molar-refractivity contribution in [2.75, 3.05) is 11.9 Å². The van der Waals surface area contributed by atoms with Crippen LogP contribution in [0.2, 0.25) is 0 Å². The van der Waals surface area contributed by atoms with Crippen LogP contribution < -0.4 is 5.32 Å². The van der Waals surface area contributed by atoms with Crippen molar-refractivity contribution in [3.8, 4) is 0 Å². The van der Waals surface area contributed by atoms with Crippen molar-refractivity contribution in [3.63, 3.8) is 0 Å². The van der Waals surface area contributed by atoms with E-state index in [9.17, 15) is 10.1 Å². The van der Waals surface area contributed by atoms with Gasteiger partial charge in [0.15, 0.2) is 0 Å². The number of hydrogen-bond donors (Lipinski definition) is 1. The van der Waals surface area contributed by atoms with Gasteiger partial charge in [0, 0.05) is 12.1 Å². The molecule has 0 amide bonds. The largest absolute Gasteiger partial charge is 0.370 e. The summed E-state index contributed by atoms with van der Waals surface area (Å²) < 4.78 is 0. The van der Waals surface area contributed by atoms with Crippen molar-refractivity contribution in [3.05, 3.63) is 63.8 Å². The number of hydrogen-bond acceptors (Lipinski definition) is 4. The minimum atomic E-state index is -0.413. The Labute approximate surface area is 124 Å². The molecule has 0 fully saturated rings. The number of benzene rings is 1. The fraction of sp³-hybridized carbons (Fsp3) is 0.312. The highest BCUT2D eigenvalue weighted by atomic mass is 16.6. The van der Waals surface area contributed by atoms with Crippen LogP contribution in [-0.2, 0) is 0 Å². The van der Waals surface area contributed by atoms with Crippen LogP contribution in [0.25, 0.3) is 0 Å². The first-order valence-electron chi connectivity index (χ1n) is 6.98. The number of nitro groups is 1. The van der Waals surface area contributed by atoms with Crippen molar-refractivity contribution >= 4 is 11.5 Å². The summed E-state index contributed by atoms with van der Waals surface area (Å²) >= 11 is 0. The monoisotopic (exact) mass is 285 g/mol. The van der Waals surface area contributed by atoms with Crippen LogP contribution in [0.15, 0.2) is 42.6 Å². The first-order valence-corrected chi connectivity index (χ1v) is 6.98. The topological polar surface area (TPSA) is 68.1 Å². The minimum absolute atomic E-state index is 0.0539. The Bertz CT molecular complexity index is 614. The molecule has 1 aromatic heterocycles. The van der Waals surface area contributed by atoms with Crippen LogP contribution >= 0.6 is 0 Å². The second-order valence-corrected chi connectivity index (χ2v) is 5.14. The van der Waals surface area contributed by atoms with E-state index in [1.807, 2.05) is 18.2 Å². The number of nitrogens with zero attached hydrogens (tertiary/aromatic N) is 2. The molecule has 0 radical (unpaired) electrons. The molecule has 110 valence electrons. The number of aryl methyl sites for hydroxylation is 1. The van der Waals surface area contributed by atoms with E-state index < -0.39 is 4.92 Å². The van der Waals surface area contributed by atoms with Crippen LogP contribution in [0.3, 0.4) is 0 Å². The molecule has 1 unspecified atom stereocenters. The first-order chi connectivity index (χ1) is 10.1. The van der Waals surface area contributed by atoms with E-state index in [2.05, 4.69) is 29.4 Å². The van der Waals surface area contributed by atoms with Crippen LogP contribution in [0.1, 0.15) is 30.4 Å². The minimum Gasteiger partial charge on any atom is -0.370 e. The molecule has 0 spiro atoms. The number of anilines is 1. The second kappa shape index (κ2) is 6.83. The molecule has 5 heteroatoms. The predicted molar refractivity (Wildman–Crippen MR) is 83.6 cm³/mol. The van der Waals surface area contributed by atoms with Gasteiger partial charge in [-0.25, -0.2) is 4.98 Å². The van der Waals surface area contributed by atoms with Crippen LogP contribution in [0, 0.1) is 17.0 Å². The summed E-state index contributed by atoms with van der Waals surface area (Å²) in [7, 11) is 0. The lowest BCUT2D eigenvalue weighted by Crippen LogP contribution is -2.07. The third kappa shape index (κ3) is 4.02. The van der Waals surface area contributed by atoms with Gasteiger partial charge in [-0.05, 0) is 30.9 Å². The summed E-state index contributed by atoms with van der Waals surface area (Å²) in [5.41, 5.74) is 1.99. The molecule has 0 saturated carbocycles. The quantitative estimate of drug-likeness (QED) is 0.645. The van der Waals surface area contributed by atoms with Crippen molar-refractivity contribution in [2.24, 2.45) is 0 Å². The van der Waals surface area contributed by atoms with Gasteiger partial charge in [-0.3, -0.25) is 10.1 Å². The molecular weight excluding hydrogens is 266 g/mol. The van der Waals surface area contributed by atoms with Crippen molar-refractivity contribution in [1.29, 1.82) is 0 Å². The maximum Gasteiger partial charge on any atom is 0.290 e. The lowest BCUT2D eigenvalue weighted by atomic mass is 9.98. The average molecular weight is 285 g/mol. The molecule has 2 aromatic rings. The standard InChI is InChI=1S/C16H19N3O2/c1-12(14-6-4-3-5-7-14)8-9-17-16-10-13(2)15(11-18-16)19(20)21/h3-7,10-12H,8-9H2,1-2H3,(H,17,18). The van der Waals surface area contributed by atoms with Crippen molar-refractivity contribution in [2.45, 2.75) is 26.2 Å². The summed E-state index contributed by atoms with van der Waals surface area (Å²) in [4.78, 5) is 14.4. The van der Waals surface area contributed by atoms with Gasteiger partial charge in [-0.2, -0.15) is 0 Å². The SMILES string of the molecule is Cc1cc(NCCC(C)c2ccccc2)ncc1[N+](=O)[O-]. The highest BCUT2D eigenvalue weighted by molar-refractivity contribution is 5.46. The lowest BCUT2D eigenvalue weighted by Gasteiger charge is -2.12. The zero-order valence-electron chi connectivity index (χ0n) is 12.2. The Morgan fingerprint density at radius 3 is 2.67 bits per heavy atom. The van der Waals surface area contributed by atoms with Gasteiger partial charge in [0.05, 0.1) is 4.92 Å². The van der Waals surface area contributed by atoms with Crippen LogP contribution in [0.4, 0.5) is 11.5 Å². The normalized spacial score (nSPS) is 11.9. The van der Waals surface area contributed by atoms with Gasteiger partial charge in [0.25, 0.3) is 5.69 Å². The zero-order valence-corrected chi connectivity index (χ0v) is 12.2. The van der Waals surface area contributed by atoms with Gasteiger partial charge in [0.2, 0.25) is 0 Å². The first kappa shape index (κ1) is 15.0. The highest BCUT2D eigenvalue weighted by Crippen LogP contribution is 2.20. The molecular formula is C16H19N3O2. The Morgan fingerprint density at radius 1 is 1.33 bits per heavy atom. The fourth-order valence-corrected chi connectivity index (χ4v) is 2.20. The average Bonchev–Trinajstić information content (AvgIpc) is 2.47. The Hall–Kier alpha value is -2.43. The second-order valence-electron chi connectivity index (χ2n) is 5.14. The van der Waals surface area contributed by atoms with E-state index in [1.54, 1.807) is 13.0 Å². The van der Waals surface area contributed by atoms with Gasteiger partial charge >= 0.3 is 0 Å². The summed E-state index contributed by atoms with van der Waals surface area (Å²) in [6, 6.07) is 12.1. The molecule has 0 aliphatic carbocycles. The maximum absolute atomic E-state index is 10.7. The summed E-state index contributed by atoms with van der Waals surface area (Å²) in [5.74, 6) is 1.14. The molecule has 1 atom stereocenters. The molecule has 0 aliphatic heterocycles. The van der Waals surface area contributed by atoms with Gasteiger partial charge < -0.3 is 5.32 Å². The Kier molecular flexibility index (Phi) is 4.87. The van der Waals surface area contributed by atoms with Crippen molar-refractivity contribution < 1.29 is 4.92 Å². The number of nitrogens with one attached hydrogen (secondary N) is 1. The van der Waals surface area contributed by atoms with E-state index in [0.29, 0.717) is 17.3 Å². The van der Waals surface area contributed by atoms with Crippen LogP contribution in [0.5, 0.6) is 0 Å². The molecule has 21 heavy (non-hydrogen) atoms. The van der Waals surface area contributed by atoms with E-state index >= 15 is 0 Å². The number of aromatic nitrogens is 1. The molecule has 1 aromatic carbocycles. The van der Waals surface area contributed by atoms with Gasteiger partial charge in [-0.1, -0.05) is 37.3 Å². The van der Waals surface area contributed by atoms with E-state index in [4.69, 9.17) is 0 Å². The van der Waals surface area contributed by atoms with E-state index in [-0.39, 0.29) is 5.69 Å². The molecule has 1 N–H and O–H groups in total. The molecule has 5 nitrogen and oxygen atoms in total. The fourth-order valence-electron chi connectivity index (χ4n) is 2.20. The molecule has 2 rings (SSSR count).